The first-order valence-corrected chi connectivity index (χ1v) is 8.39. The first-order chi connectivity index (χ1) is 10.0. The molecule has 0 bridgehead atoms. The van der Waals surface area contributed by atoms with Crippen LogP contribution in [0.2, 0.25) is 15.1 Å². The number of hydrogen-bond acceptors (Lipinski definition) is 2. The Bertz CT molecular complexity index is 541. The molecule has 5 heteroatoms. The van der Waals surface area contributed by atoms with Crippen LogP contribution in [-0.4, -0.2) is 6.10 Å². The minimum atomic E-state index is -0.130. The highest BCUT2D eigenvalue weighted by Crippen LogP contribution is 2.38. The Balaban J connectivity index is 2.15. The van der Waals surface area contributed by atoms with E-state index in [0.29, 0.717) is 26.7 Å². The minimum Gasteiger partial charge on any atom is -0.487 e. The molecule has 3 atom stereocenters. The molecule has 0 aliphatic heterocycles. The fourth-order valence-electron chi connectivity index (χ4n) is 2.92. The smallest absolute Gasteiger partial charge is 0.139 e. The number of hydrogen-bond donors (Lipinski definition) is 0. The molecular formula is C16H18Cl3NO. The zero-order valence-electron chi connectivity index (χ0n) is 11.9. The number of benzene rings is 1. The van der Waals surface area contributed by atoms with Crippen molar-refractivity contribution in [3.05, 3.63) is 27.2 Å². The molecule has 1 aromatic rings. The molecule has 0 N–H and O–H groups in total. The van der Waals surface area contributed by atoms with Crippen molar-refractivity contribution in [1.82, 2.24) is 0 Å². The molecule has 3 unspecified atom stereocenters. The lowest BCUT2D eigenvalue weighted by molar-refractivity contribution is 0.0876. The Morgan fingerprint density at radius 1 is 1.19 bits per heavy atom. The van der Waals surface area contributed by atoms with Gasteiger partial charge in [-0.1, -0.05) is 54.6 Å². The summed E-state index contributed by atoms with van der Waals surface area (Å²) in [6, 6.07) is 5.56. The summed E-state index contributed by atoms with van der Waals surface area (Å²) in [6.45, 7) is 2.18. The molecule has 0 amide bonds. The summed E-state index contributed by atoms with van der Waals surface area (Å²) in [5.74, 6) is 1.03. The first kappa shape index (κ1) is 16.7. The molecule has 1 fully saturated rings. The van der Waals surface area contributed by atoms with Gasteiger partial charge in [0.2, 0.25) is 0 Å². The van der Waals surface area contributed by atoms with Gasteiger partial charge in [-0.05, 0) is 31.2 Å². The summed E-state index contributed by atoms with van der Waals surface area (Å²) < 4.78 is 6.00. The second-order valence-electron chi connectivity index (χ2n) is 5.56. The van der Waals surface area contributed by atoms with Gasteiger partial charge in [0.25, 0.3) is 0 Å². The van der Waals surface area contributed by atoms with E-state index in [1.54, 1.807) is 12.1 Å². The molecule has 2 nitrogen and oxygen atoms in total. The third-order valence-electron chi connectivity index (χ3n) is 4.02. The maximum absolute atomic E-state index is 9.31. The Kier molecular flexibility index (Phi) is 6.05. The monoisotopic (exact) mass is 345 g/mol. The summed E-state index contributed by atoms with van der Waals surface area (Å²) in [5.41, 5.74) is 0. The van der Waals surface area contributed by atoms with Crippen LogP contribution in [0, 0.1) is 23.2 Å². The highest BCUT2D eigenvalue weighted by Gasteiger charge is 2.32. The van der Waals surface area contributed by atoms with Crippen molar-refractivity contribution < 1.29 is 4.74 Å². The van der Waals surface area contributed by atoms with Crippen LogP contribution in [0.1, 0.15) is 39.0 Å². The van der Waals surface area contributed by atoms with Crippen molar-refractivity contribution in [1.29, 1.82) is 5.26 Å². The van der Waals surface area contributed by atoms with Gasteiger partial charge in [0.05, 0.1) is 27.1 Å². The zero-order chi connectivity index (χ0) is 15.4. The molecule has 1 saturated carbocycles. The predicted octanol–water partition coefficient (Wildman–Crippen LogP) is 6.13. The van der Waals surface area contributed by atoms with Gasteiger partial charge in [-0.15, -0.1) is 0 Å². The largest absolute Gasteiger partial charge is 0.487 e. The zero-order valence-corrected chi connectivity index (χ0v) is 14.2. The van der Waals surface area contributed by atoms with Crippen LogP contribution in [0.4, 0.5) is 0 Å². The molecule has 0 saturated heterocycles. The van der Waals surface area contributed by atoms with E-state index in [0.717, 1.165) is 25.7 Å². The normalized spacial score (nSPS) is 25.4. The van der Waals surface area contributed by atoms with Crippen molar-refractivity contribution in [2.45, 2.75) is 45.1 Å². The topological polar surface area (TPSA) is 33.0 Å². The number of ether oxygens (including phenoxy) is 1. The molecule has 2 rings (SSSR count). The molecule has 0 spiro atoms. The van der Waals surface area contributed by atoms with E-state index in [1.807, 2.05) is 0 Å². The number of rotatable bonds is 4. The SMILES string of the molecule is CCCC1CCC(C#N)C(Oc2cc(Cl)c(Cl)cc2Cl)C1. The van der Waals surface area contributed by atoms with Crippen molar-refractivity contribution in [3.63, 3.8) is 0 Å². The Morgan fingerprint density at radius 3 is 2.57 bits per heavy atom. The van der Waals surface area contributed by atoms with E-state index >= 15 is 0 Å². The third kappa shape index (κ3) is 4.19. The maximum Gasteiger partial charge on any atom is 0.139 e. The van der Waals surface area contributed by atoms with Crippen LogP contribution in [0.15, 0.2) is 12.1 Å². The average molecular weight is 347 g/mol. The van der Waals surface area contributed by atoms with Gasteiger partial charge >= 0.3 is 0 Å². The molecule has 1 aliphatic rings. The maximum atomic E-state index is 9.31. The number of nitrogens with zero attached hydrogens (tertiary/aromatic N) is 1. The predicted molar refractivity (Wildman–Crippen MR) is 87.2 cm³/mol. The standard InChI is InChI=1S/C16H18Cl3NO/c1-2-3-10-4-5-11(9-20)15(6-10)21-16-8-13(18)12(17)7-14(16)19/h7-8,10-11,15H,2-6H2,1H3. The Labute approximate surface area is 140 Å². The lowest BCUT2D eigenvalue weighted by Crippen LogP contribution is -2.33. The van der Waals surface area contributed by atoms with Crippen LogP contribution in [0.5, 0.6) is 5.75 Å². The summed E-state index contributed by atoms with van der Waals surface area (Å²) in [5, 5.41) is 10.6. The first-order valence-electron chi connectivity index (χ1n) is 7.26. The quantitative estimate of drug-likeness (QED) is 0.614. The van der Waals surface area contributed by atoms with Gasteiger partial charge in [-0.2, -0.15) is 5.26 Å². The lowest BCUT2D eigenvalue weighted by Gasteiger charge is -2.33. The van der Waals surface area contributed by atoms with Crippen LogP contribution < -0.4 is 4.74 Å². The molecule has 1 aliphatic carbocycles. The summed E-state index contributed by atoms with van der Waals surface area (Å²) in [4.78, 5) is 0. The van der Waals surface area contributed by atoms with E-state index in [4.69, 9.17) is 39.5 Å². The Morgan fingerprint density at radius 2 is 1.90 bits per heavy atom. The highest BCUT2D eigenvalue weighted by atomic mass is 35.5. The van der Waals surface area contributed by atoms with E-state index in [2.05, 4.69) is 13.0 Å². The number of nitriles is 1. The van der Waals surface area contributed by atoms with Gasteiger partial charge in [0.1, 0.15) is 11.9 Å². The molecule has 0 radical (unpaired) electrons. The molecule has 114 valence electrons. The fraction of sp³-hybridized carbons (Fsp3) is 0.562. The lowest BCUT2D eigenvalue weighted by atomic mass is 9.78. The van der Waals surface area contributed by atoms with Gasteiger partial charge in [-0.3, -0.25) is 0 Å². The van der Waals surface area contributed by atoms with Crippen molar-refractivity contribution in [3.8, 4) is 11.8 Å². The average Bonchev–Trinajstić information content (AvgIpc) is 2.45. The molecule has 0 aromatic heterocycles. The second-order valence-corrected chi connectivity index (χ2v) is 6.78. The molecular weight excluding hydrogens is 329 g/mol. The van der Waals surface area contributed by atoms with E-state index in [1.165, 1.54) is 6.42 Å². The molecule has 1 aromatic carbocycles. The van der Waals surface area contributed by atoms with E-state index in [-0.39, 0.29) is 12.0 Å². The van der Waals surface area contributed by atoms with Crippen LogP contribution in [-0.2, 0) is 0 Å². The van der Waals surface area contributed by atoms with Crippen molar-refractivity contribution in [2.24, 2.45) is 11.8 Å². The van der Waals surface area contributed by atoms with Gasteiger partial charge < -0.3 is 4.74 Å². The summed E-state index contributed by atoms with van der Waals surface area (Å²) in [6.07, 6.45) is 5.07. The van der Waals surface area contributed by atoms with Crippen LogP contribution in [0.25, 0.3) is 0 Å². The van der Waals surface area contributed by atoms with E-state index < -0.39 is 0 Å². The van der Waals surface area contributed by atoms with Gasteiger partial charge in [0.15, 0.2) is 0 Å². The third-order valence-corrected chi connectivity index (χ3v) is 5.03. The van der Waals surface area contributed by atoms with Crippen molar-refractivity contribution >= 4 is 34.8 Å². The van der Waals surface area contributed by atoms with Crippen molar-refractivity contribution in [2.75, 3.05) is 0 Å². The van der Waals surface area contributed by atoms with Crippen LogP contribution in [0.3, 0.4) is 0 Å². The summed E-state index contributed by atoms with van der Waals surface area (Å²) in [7, 11) is 0. The van der Waals surface area contributed by atoms with Crippen LogP contribution >= 0.6 is 34.8 Å². The highest BCUT2D eigenvalue weighted by molar-refractivity contribution is 6.43. The second kappa shape index (κ2) is 7.58. The minimum absolute atomic E-state index is 0.0939. The Hall–Kier alpha value is -0.620. The molecule has 0 heterocycles. The molecule has 21 heavy (non-hydrogen) atoms. The summed E-state index contributed by atoms with van der Waals surface area (Å²) >= 11 is 18.1. The van der Waals surface area contributed by atoms with E-state index in [9.17, 15) is 5.26 Å². The number of halogens is 3. The van der Waals surface area contributed by atoms with Gasteiger partial charge in [0, 0.05) is 6.07 Å². The fourth-order valence-corrected chi connectivity index (χ4v) is 3.50. The van der Waals surface area contributed by atoms with Gasteiger partial charge in [-0.25, -0.2) is 0 Å².